The first-order valence-electron chi connectivity index (χ1n) is 10.6. The molecule has 2 rings (SSSR count). The lowest BCUT2D eigenvalue weighted by Crippen LogP contribution is -2.33. The van der Waals surface area contributed by atoms with Crippen LogP contribution < -0.4 is 9.62 Å². The van der Waals surface area contributed by atoms with Crippen LogP contribution in [0.5, 0.6) is 0 Å². The lowest BCUT2D eigenvalue weighted by atomic mass is 9.99. The molecule has 0 aliphatic heterocycles. The standard InChI is InChI=1S/C23H34N2O3S/c1-4-6-11-19(5-2)18-24-23(26)16-10-17-25(29(3,27)28)22-15-9-13-20-12-7-8-14-21(20)22/h7-9,12-15,19H,4-6,10-11,16-18H2,1-3H3,(H,24,26)/t19-/m0/s1. The Labute approximate surface area is 175 Å². The van der Waals surface area contributed by atoms with Crippen LogP contribution in [0.3, 0.4) is 0 Å². The number of sulfonamides is 1. The van der Waals surface area contributed by atoms with Gasteiger partial charge in [0.1, 0.15) is 0 Å². The second kappa shape index (κ2) is 11.2. The molecule has 0 bridgehead atoms. The van der Waals surface area contributed by atoms with Crippen LogP contribution >= 0.6 is 0 Å². The Balaban J connectivity index is 1.98. The van der Waals surface area contributed by atoms with Gasteiger partial charge in [-0.25, -0.2) is 8.42 Å². The number of amides is 1. The van der Waals surface area contributed by atoms with Crippen molar-refractivity contribution in [2.24, 2.45) is 5.92 Å². The number of fused-ring (bicyclic) bond motifs is 1. The van der Waals surface area contributed by atoms with Crippen LogP contribution in [0, 0.1) is 5.92 Å². The molecular weight excluding hydrogens is 384 g/mol. The van der Waals surface area contributed by atoms with Gasteiger partial charge in [0.2, 0.25) is 15.9 Å². The van der Waals surface area contributed by atoms with Gasteiger partial charge < -0.3 is 5.32 Å². The van der Waals surface area contributed by atoms with Crippen molar-refractivity contribution >= 4 is 32.4 Å². The fourth-order valence-corrected chi connectivity index (χ4v) is 4.54. The van der Waals surface area contributed by atoms with Crippen LogP contribution in [0.2, 0.25) is 0 Å². The highest BCUT2D eigenvalue weighted by Crippen LogP contribution is 2.28. The molecule has 0 heterocycles. The van der Waals surface area contributed by atoms with Crippen molar-refractivity contribution in [3.8, 4) is 0 Å². The number of nitrogens with zero attached hydrogens (tertiary/aromatic N) is 1. The largest absolute Gasteiger partial charge is 0.356 e. The minimum atomic E-state index is -3.45. The van der Waals surface area contributed by atoms with Gasteiger partial charge in [-0.15, -0.1) is 0 Å². The van der Waals surface area contributed by atoms with E-state index in [1.54, 1.807) is 0 Å². The summed E-state index contributed by atoms with van der Waals surface area (Å²) in [6.45, 7) is 5.32. The van der Waals surface area contributed by atoms with Crippen LogP contribution in [-0.4, -0.2) is 33.7 Å². The van der Waals surface area contributed by atoms with Crippen LogP contribution in [0.25, 0.3) is 10.8 Å². The summed E-state index contributed by atoms with van der Waals surface area (Å²) in [6.07, 6.45) is 6.56. The number of unbranched alkanes of at least 4 members (excludes halogenated alkanes) is 1. The Morgan fingerprint density at radius 3 is 2.48 bits per heavy atom. The summed E-state index contributed by atoms with van der Waals surface area (Å²) in [5.41, 5.74) is 0.664. The van der Waals surface area contributed by atoms with E-state index >= 15 is 0 Å². The zero-order valence-electron chi connectivity index (χ0n) is 17.9. The molecule has 0 saturated carbocycles. The van der Waals surface area contributed by atoms with E-state index in [0.717, 1.165) is 23.6 Å². The molecule has 0 aromatic heterocycles. The predicted octanol–water partition coefficient (Wildman–Crippen LogP) is 4.72. The van der Waals surface area contributed by atoms with E-state index in [1.807, 2.05) is 42.5 Å². The monoisotopic (exact) mass is 418 g/mol. The van der Waals surface area contributed by atoms with E-state index in [2.05, 4.69) is 19.2 Å². The van der Waals surface area contributed by atoms with E-state index in [1.165, 1.54) is 23.4 Å². The number of hydrogen-bond acceptors (Lipinski definition) is 3. The van der Waals surface area contributed by atoms with Gasteiger partial charge in [-0.1, -0.05) is 69.5 Å². The van der Waals surface area contributed by atoms with Crippen LogP contribution in [0.4, 0.5) is 5.69 Å². The summed E-state index contributed by atoms with van der Waals surface area (Å²) < 4.78 is 26.3. The number of nitrogens with one attached hydrogen (secondary N) is 1. The minimum Gasteiger partial charge on any atom is -0.356 e. The normalized spacial score (nSPS) is 12.7. The van der Waals surface area contributed by atoms with Gasteiger partial charge in [0.15, 0.2) is 0 Å². The summed E-state index contributed by atoms with van der Waals surface area (Å²) in [4.78, 5) is 12.2. The molecule has 0 fully saturated rings. The molecule has 0 unspecified atom stereocenters. The van der Waals surface area contributed by atoms with Crippen molar-refractivity contribution in [1.82, 2.24) is 5.32 Å². The average molecular weight is 419 g/mol. The molecule has 1 N–H and O–H groups in total. The molecule has 160 valence electrons. The minimum absolute atomic E-state index is 0.00804. The Morgan fingerprint density at radius 1 is 1.07 bits per heavy atom. The highest BCUT2D eigenvalue weighted by molar-refractivity contribution is 7.92. The van der Waals surface area contributed by atoms with Crippen LogP contribution in [0.1, 0.15) is 52.4 Å². The molecule has 0 spiro atoms. The Kier molecular flexibility index (Phi) is 8.96. The Morgan fingerprint density at radius 2 is 1.79 bits per heavy atom. The van der Waals surface area contributed by atoms with Crippen LogP contribution in [0.15, 0.2) is 42.5 Å². The quantitative estimate of drug-likeness (QED) is 0.542. The van der Waals surface area contributed by atoms with E-state index in [4.69, 9.17) is 0 Å². The second-order valence-electron chi connectivity index (χ2n) is 7.66. The van der Waals surface area contributed by atoms with Crippen molar-refractivity contribution < 1.29 is 13.2 Å². The fourth-order valence-electron chi connectivity index (χ4n) is 3.56. The zero-order valence-corrected chi connectivity index (χ0v) is 18.7. The smallest absolute Gasteiger partial charge is 0.232 e. The molecule has 1 amide bonds. The molecule has 0 radical (unpaired) electrons. The molecule has 0 saturated heterocycles. The first kappa shape index (κ1) is 23.2. The first-order valence-corrected chi connectivity index (χ1v) is 12.4. The topological polar surface area (TPSA) is 66.5 Å². The molecule has 0 aliphatic rings. The third-order valence-electron chi connectivity index (χ3n) is 5.33. The molecule has 2 aromatic rings. The second-order valence-corrected chi connectivity index (χ2v) is 9.56. The highest BCUT2D eigenvalue weighted by Gasteiger charge is 2.19. The van der Waals surface area contributed by atoms with Crippen molar-refractivity contribution in [2.45, 2.75) is 52.4 Å². The molecule has 1 atom stereocenters. The maximum absolute atomic E-state index is 12.4. The van der Waals surface area contributed by atoms with Crippen molar-refractivity contribution in [3.05, 3.63) is 42.5 Å². The molecule has 29 heavy (non-hydrogen) atoms. The molecule has 6 heteroatoms. The van der Waals surface area contributed by atoms with Gasteiger partial charge in [0.05, 0.1) is 11.9 Å². The lowest BCUT2D eigenvalue weighted by molar-refractivity contribution is -0.121. The third kappa shape index (κ3) is 7.03. The Hall–Kier alpha value is -2.08. The summed E-state index contributed by atoms with van der Waals surface area (Å²) in [6, 6.07) is 13.4. The highest BCUT2D eigenvalue weighted by atomic mass is 32.2. The number of benzene rings is 2. The van der Waals surface area contributed by atoms with Gasteiger partial charge in [0.25, 0.3) is 0 Å². The van der Waals surface area contributed by atoms with Crippen molar-refractivity contribution in [2.75, 3.05) is 23.7 Å². The van der Waals surface area contributed by atoms with Gasteiger partial charge in [-0.05, 0) is 30.2 Å². The number of rotatable bonds is 12. The summed E-state index contributed by atoms with van der Waals surface area (Å²) in [7, 11) is -3.45. The SMILES string of the molecule is CCCC[C@H](CC)CNC(=O)CCCN(c1cccc2ccccc12)S(C)(=O)=O. The number of carbonyl (C=O) groups excluding carboxylic acids is 1. The molecule has 5 nitrogen and oxygen atoms in total. The molecule has 0 aliphatic carbocycles. The summed E-state index contributed by atoms with van der Waals surface area (Å²) >= 11 is 0. The third-order valence-corrected chi connectivity index (χ3v) is 6.51. The van der Waals surface area contributed by atoms with Crippen molar-refractivity contribution in [1.29, 1.82) is 0 Å². The van der Waals surface area contributed by atoms with Gasteiger partial charge in [-0.2, -0.15) is 0 Å². The average Bonchev–Trinajstić information content (AvgIpc) is 2.70. The number of carbonyl (C=O) groups is 1. The van der Waals surface area contributed by atoms with Crippen LogP contribution in [-0.2, 0) is 14.8 Å². The van der Waals surface area contributed by atoms with Gasteiger partial charge in [0, 0.05) is 24.9 Å². The number of anilines is 1. The maximum atomic E-state index is 12.4. The van der Waals surface area contributed by atoms with E-state index < -0.39 is 10.0 Å². The Bertz CT molecular complexity index is 891. The van der Waals surface area contributed by atoms with E-state index in [9.17, 15) is 13.2 Å². The fraction of sp³-hybridized carbons (Fsp3) is 0.522. The van der Waals surface area contributed by atoms with Gasteiger partial charge in [-0.3, -0.25) is 9.10 Å². The summed E-state index contributed by atoms with van der Waals surface area (Å²) in [5, 5.41) is 4.91. The lowest BCUT2D eigenvalue weighted by Gasteiger charge is -2.24. The van der Waals surface area contributed by atoms with E-state index in [-0.39, 0.29) is 12.5 Å². The van der Waals surface area contributed by atoms with E-state index in [0.29, 0.717) is 31.0 Å². The first-order chi connectivity index (χ1) is 13.9. The zero-order chi connectivity index (χ0) is 21.3. The van der Waals surface area contributed by atoms with Crippen molar-refractivity contribution in [3.63, 3.8) is 0 Å². The molecule has 2 aromatic carbocycles. The summed E-state index contributed by atoms with van der Waals surface area (Å²) in [5.74, 6) is 0.508. The number of hydrogen-bond donors (Lipinski definition) is 1. The molecular formula is C23H34N2O3S. The van der Waals surface area contributed by atoms with Gasteiger partial charge >= 0.3 is 0 Å². The maximum Gasteiger partial charge on any atom is 0.232 e. The predicted molar refractivity (Wildman–Crippen MR) is 122 cm³/mol.